The van der Waals surface area contributed by atoms with Gasteiger partial charge in [0.05, 0.1) is 0 Å². The van der Waals surface area contributed by atoms with E-state index in [-0.39, 0.29) is 11.6 Å². The molecule has 0 amide bonds. The van der Waals surface area contributed by atoms with E-state index in [9.17, 15) is 4.79 Å². The summed E-state index contributed by atoms with van der Waals surface area (Å²) in [5.41, 5.74) is -0.0910. The lowest BCUT2D eigenvalue weighted by Crippen LogP contribution is -2.27. The van der Waals surface area contributed by atoms with Crippen LogP contribution >= 0.6 is 0 Å². The Morgan fingerprint density at radius 1 is 1.38 bits per heavy atom. The van der Waals surface area contributed by atoms with Crippen LogP contribution in [-0.4, -0.2) is 11.6 Å². The van der Waals surface area contributed by atoms with Crippen LogP contribution in [0.5, 0.6) is 0 Å². The molecule has 13 heavy (non-hydrogen) atoms. The highest BCUT2D eigenvalue weighted by molar-refractivity contribution is 5.72. The molecule has 0 N–H and O–H groups in total. The van der Waals surface area contributed by atoms with Crippen molar-refractivity contribution in [3.05, 3.63) is 0 Å². The van der Waals surface area contributed by atoms with Gasteiger partial charge in [-0.05, 0) is 25.7 Å². The van der Waals surface area contributed by atoms with E-state index < -0.39 is 0 Å². The van der Waals surface area contributed by atoms with Gasteiger partial charge >= 0.3 is 5.97 Å². The van der Waals surface area contributed by atoms with E-state index in [1.807, 2.05) is 0 Å². The van der Waals surface area contributed by atoms with Crippen LogP contribution < -0.4 is 0 Å². The van der Waals surface area contributed by atoms with Crippen molar-refractivity contribution in [3.8, 4) is 0 Å². The van der Waals surface area contributed by atoms with Crippen molar-refractivity contribution < 1.29 is 9.53 Å². The molecule has 1 atom stereocenters. The topological polar surface area (TPSA) is 26.3 Å². The fraction of sp³-hybridized carbons (Fsp3) is 0.909. The molecule has 0 bridgehead atoms. The monoisotopic (exact) mass is 184 g/mol. The molecule has 1 heterocycles. The molecule has 1 saturated heterocycles. The van der Waals surface area contributed by atoms with Crippen molar-refractivity contribution in [1.29, 1.82) is 0 Å². The number of ether oxygens (including phenoxy) is 1. The van der Waals surface area contributed by atoms with Crippen molar-refractivity contribution in [2.75, 3.05) is 0 Å². The third-order valence-electron chi connectivity index (χ3n) is 3.00. The Bertz CT molecular complexity index is 177. The first-order valence-corrected chi connectivity index (χ1v) is 5.44. The van der Waals surface area contributed by atoms with Gasteiger partial charge < -0.3 is 4.74 Å². The quantitative estimate of drug-likeness (QED) is 0.485. The Hall–Kier alpha value is -0.530. The van der Waals surface area contributed by atoms with Gasteiger partial charge in [0.1, 0.15) is 5.60 Å². The molecular weight excluding hydrogens is 164 g/mol. The van der Waals surface area contributed by atoms with Crippen LogP contribution in [0.2, 0.25) is 0 Å². The van der Waals surface area contributed by atoms with E-state index in [1.165, 1.54) is 19.3 Å². The van der Waals surface area contributed by atoms with Crippen LogP contribution in [0.3, 0.4) is 0 Å². The summed E-state index contributed by atoms with van der Waals surface area (Å²) in [6.07, 6.45) is 7.27. The SMILES string of the molecule is CCCCCC1(CC)CCC(=O)O1. The smallest absolute Gasteiger partial charge is 0.306 e. The van der Waals surface area contributed by atoms with Crippen LogP contribution in [0.1, 0.15) is 58.8 Å². The van der Waals surface area contributed by atoms with Crippen molar-refractivity contribution in [2.45, 2.75) is 64.4 Å². The molecule has 1 fully saturated rings. The minimum Gasteiger partial charge on any atom is -0.459 e. The molecule has 1 rings (SSSR count). The average molecular weight is 184 g/mol. The second-order valence-corrected chi connectivity index (χ2v) is 3.97. The van der Waals surface area contributed by atoms with Gasteiger partial charge in [0, 0.05) is 6.42 Å². The first kappa shape index (κ1) is 10.6. The number of rotatable bonds is 5. The summed E-state index contributed by atoms with van der Waals surface area (Å²) < 4.78 is 5.41. The number of cyclic esters (lactones) is 1. The highest BCUT2D eigenvalue weighted by atomic mass is 16.6. The second-order valence-electron chi connectivity index (χ2n) is 3.97. The highest BCUT2D eigenvalue weighted by Gasteiger charge is 2.37. The first-order valence-electron chi connectivity index (χ1n) is 5.44. The van der Waals surface area contributed by atoms with Gasteiger partial charge in [-0.15, -0.1) is 0 Å². The number of hydrogen-bond donors (Lipinski definition) is 0. The lowest BCUT2D eigenvalue weighted by atomic mass is 9.90. The molecule has 0 spiro atoms. The lowest BCUT2D eigenvalue weighted by Gasteiger charge is -2.25. The van der Waals surface area contributed by atoms with Crippen molar-refractivity contribution in [1.82, 2.24) is 0 Å². The predicted octanol–water partition coefficient (Wildman–Crippen LogP) is 3.05. The zero-order valence-corrected chi connectivity index (χ0v) is 8.77. The maximum Gasteiger partial charge on any atom is 0.306 e. The van der Waals surface area contributed by atoms with E-state index in [0.29, 0.717) is 6.42 Å². The van der Waals surface area contributed by atoms with Gasteiger partial charge in [-0.1, -0.05) is 26.7 Å². The molecule has 1 unspecified atom stereocenters. The molecule has 0 aromatic rings. The zero-order chi connectivity index (χ0) is 9.73. The summed E-state index contributed by atoms with van der Waals surface area (Å²) in [5, 5.41) is 0. The van der Waals surface area contributed by atoms with Crippen molar-refractivity contribution >= 4 is 5.97 Å². The number of carbonyl (C=O) groups is 1. The molecule has 2 nitrogen and oxygen atoms in total. The van der Waals surface area contributed by atoms with Crippen LogP contribution in [0.4, 0.5) is 0 Å². The van der Waals surface area contributed by atoms with Crippen LogP contribution in [0.15, 0.2) is 0 Å². The minimum absolute atomic E-state index is 0.00153. The van der Waals surface area contributed by atoms with Gasteiger partial charge in [0.25, 0.3) is 0 Å². The van der Waals surface area contributed by atoms with E-state index in [0.717, 1.165) is 19.3 Å². The molecule has 76 valence electrons. The zero-order valence-electron chi connectivity index (χ0n) is 8.77. The summed E-state index contributed by atoms with van der Waals surface area (Å²) in [6, 6.07) is 0. The Balaban J connectivity index is 2.37. The van der Waals surface area contributed by atoms with Crippen molar-refractivity contribution in [2.24, 2.45) is 0 Å². The summed E-state index contributed by atoms with van der Waals surface area (Å²) in [5.74, 6) is -0.00153. The van der Waals surface area contributed by atoms with E-state index in [4.69, 9.17) is 4.74 Å². The minimum atomic E-state index is -0.0910. The van der Waals surface area contributed by atoms with Crippen LogP contribution in [-0.2, 0) is 9.53 Å². The van der Waals surface area contributed by atoms with E-state index in [1.54, 1.807) is 0 Å². The number of carbonyl (C=O) groups excluding carboxylic acids is 1. The molecule has 0 aromatic carbocycles. The van der Waals surface area contributed by atoms with Gasteiger partial charge in [0.2, 0.25) is 0 Å². The maximum absolute atomic E-state index is 11.0. The largest absolute Gasteiger partial charge is 0.459 e. The molecule has 1 aliphatic rings. The molecule has 0 aliphatic carbocycles. The van der Waals surface area contributed by atoms with Crippen LogP contribution in [0, 0.1) is 0 Å². The second kappa shape index (κ2) is 4.64. The van der Waals surface area contributed by atoms with E-state index in [2.05, 4.69) is 13.8 Å². The highest BCUT2D eigenvalue weighted by Crippen LogP contribution is 2.34. The number of unbranched alkanes of at least 4 members (excludes halogenated alkanes) is 2. The van der Waals surface area contributed by atoms with Gasteiger partial charge in [-0.3, -0.25) is 4.79 Å². The molecule has 0 aromatic heterocycles. The van der Waals surface area contributed by atoms with Crippen molar-refractivity contribution in [3.63, 3.8) is 0 Å². The van der Waals surface area contributed by atoms with Crippen LogP contribution in [0.25, 0.3) is 0 Å². The summed E-state index contributed by atoms with van der Waals surface area (Å²) >= 11 is 0. The Kier molecular flexibility index (Phi) is 3.76. The first-order chi connectivity index (χ1) is 6.22. The number of hydrogen-bond acceptors (Lipinski definition) is 2. The molecule has 1 aliphatic heterocycles. The Morgan fingerprint density at radius 3 is 2.62 bits per heavy atom. The Morgan fingerprint density at radius 2 is 2.15 bits per heavy atom. The molecule has 0 radical (unpaired) electrons. The lowest BCUT2D eigenvalue weighted by molar-refractivity contribution is -0.149. The normalized spacial score (nSPS) is 27.7. The molecule has 0 saturated carbocycles. The average Bonchev–Trinajstić information content (AvgIpc) is 2.49. The fourth-order valence-electron chi connectivity index (χ4n) is 1.97. The predicted molar refractivity (Wildman–Crippen MR) is 52.5 cm³/mol. The molecular formula is C11H20O2. The van der Waals surface area contributed by atoms with E-state index >= 15 is 0 Å². The summed E-state index contributed by atoms with van der Waals surface area (Å²) in [7, 11) is 0. The third-order valence-corrected chi connectivity index (χ3v) is 3.00. The van der Waals surface area contributed by atoms with Gasteiger partial charge in [-0.25, -0.2) is 0 Å². The standard InChI is InChI=1S/C11H20O2/c1-3-5-6-8-11(4-2)9-7-10(12)13-11/h3-9H2,1-2H3. The summed E-state index contributed by atoms with van der Waals surface area (Å²) in [4.78, 5) is 11.0. The number of esters is 1. The van der Waals surface area contributed by atoms with Gasteiger partial charge in [-0.2, -0.15) is 0 Å². The Labute approximate surface area is 80.7 Å². The fourth-order valence-corrected chi connectivity index (χ4v) is 1.97. The third kappa shape index (κ3) is 2.71. The summed E-state index contributed by atoms with van der Waals surface area (Å²) in [6.45, 7) is 4.31. The van der Waals surface area contributed by atoms with Gasteiger partial charge in [0.15, 0.2) is 0 Å². The molecule has 2 heteroatoms. The maximum atomic E-state index is 11.0.